The molecule has 0 spiro atoms. The van der Waals surface area contributed by atoms with Crippen molar-refractivity contribution >= 4 is 59.9 Å². The first-order chi connectivity index (χ1) is 9.15. The standard InChI is InChI=1S/C14H9Br2NOS/c15-10-2-1-9-3-5-17(12(9)7-10)8-13(18)14-11(16)4-6-19-14/h1-7H,8H2. The maximum atomic E-state index is 12.3. The third-order valence-corrected chi connectivity index (χ3v) is 5.29. The Labute approximate surface area is 131 Å². The first-order valence-electron chi connectivity index (χ1n) is 5.66. The lowest BCUT2D eigenvalue weighted by atomic mass is 10.2. The zero-order chi connectivity index (χ0) is 13.4. The number of hydrogen-bond acceptors (Lipinski definition) is 2. The third-order valence-electron chi connectivity index (χ3n) is 2.92. The molecular weight excluding hydrogens is 390 g/mol. The second kappa shape index (κ2) is 5.23. The highest BCUT2D eigenvalue weighted by Crippen LogP contribution is 2.25. The van der Waals surface area contributed by atoms with E-state index in [0.29, 0.717) is 6.54 Å². The highest BCUT2D eigenvalue weighted by atomic mass is 79.9. The smallest absolute Gasteiger partial charge is 0.193 e. The molecule has 0 N–H and O–H groups in total. The van der Waals surface area contributed by atoms with Gasteiger partial charge in [0.2, 0.25) is 0 Å². The molecule has 1 aromatic carbocycles. The quantitative estimate of drug-likeness (QED) is 0.561. The molecule has 0 saturated heterocycles. The molecule has 0 unspecified atom stereocenters. The van der Waals surface area contributed by atoms with E-state index in [-0.39, 0.29) is 5.78 Å². The SMILES string of the molecule is O=C(Cn1ccc2ccc(Br)cc21)c1sccc1Br. The van der Waals surface area contributed by atoms with E-state index in [1.807, 2.05) is 46.5 Å². The van der Waals surface area contributed by atoms with E-state index in [0.717, 1.165) is 24.7 Å². The van der Waals surface area contributed by atoms with Crippen LogP contribution in [0.4, 0.5) is 0 Å². The van der Waals surface area contributed by atoms with Crippen molar-refractivity contribution < 1.29 is 4.79 Å². The van der Waals surface area contributed by atoms with Crippen molar-refractivity contribution in [3.8, 4) is 0 Å². The third kappa shape index (κ3) is 2.55. The highest BCUT2D eigenvalue weighted by molar-refractivity contribution is 9.10. The van der Waals surface area contributed by atoms with Gasteiger partial charge in [0.1, 0.15) is 0 Å². The lowest BCUT2D eigenvalue weighted by Gasteiger charge is -2.04. The number of rotatable bonds is 3. The summed E-state index contributed by atoms with van der Waals surface area (Å²) < 4.78 is 3.87. The largest absolute Gasteiger partial charge is 0.340 e. The van der Waals surface area contributed by atoms with E-state index < -0.39 is 0 Å². The van der Waals surface area contributed by atoms with Gasteiger partial charge in [0, 0.05) is 20.7 Å². The first-order valence-corrected chi connectivity index (χ1v) is 8.12. The lowest BCUT2D eigenvalue weighted by molar-refractivity contribution is 0.0977. The van der Waals surface area contributed by atoms with E-state index >= 15 is 0 Å². The van der Waals surface area contributed by atoms with Crippen molar-refractivity contribution in [3.63, 3.8) is 0 Å². The summed E-state index contributed by atoms with van der Waals surface area (Å²) in [5, 5.41) is 3.06. The van der Waals surface area contributed by atoms with Crippen LogP contribution >= 0.6 is 43.2 Å². The van der Waals surface area contributed by atoms with Crippen LogP contribution in [0.3, 0.4) is 0 Å². The first kappa shape index (κ1) is 13.1. The van der Waals surface area contributed by atoms with E-state index in [1.165, 1.54) is 11.3 Å². The van der Waals surface area contributed by atoms with Crippen molar-refractivity contribution in [2.24, 2.45) is 0 Å². The minimum atomic E-state index is 0.124. The molecular formula is C14H9Br2NOS. The maximum Gasteiger partial charge on any atom is 0.193 e. The molecule has 2 nitrogen and oxygen atoms in total. The maximum absolute atomic E-state index is 12.3. The zero-order valence-corrected chi connectivity index (χ0v) is 13.8. The highest BCUT2D eigenvalue weighted by Gasteiger charge is 2.13. The van der Waals surface area contributed by atoms with Gasteiger partial charge in [0.25, 0.3) is 0 Å². The van der Waals surface area contributed by atoms with Crippen molar-refractivity contribution in [1.29, 1.82) is 0 Å². The number of ketones is 1. The van der Waals surface area contributed by atoms with Gasteiger partial charge < -0.3 is 4.57 Å². The summed E-state index contributed by atoms with van der Waals surface area (Å²) in [7, 11) is 0. The Morgan fingerprint density at radius 1 is 1.21 bits per heavy atom. The van der Waals surface area contributed by atoms with Crippen molar-refractivity contribution in [3.05, 3.63) is 55.7 Å². The molecule has 5 heteroatoms. The summed E-state index contributed by atoms with van der Waals surface area (Å²) in [6.45, 7) is 0.360. The number of carbonyl (C=O) groups excluding carboxylic acids is 1. The summed E-state index contributed by atoms with van der Waals surface area (Å²) in [6, 6.07) is 10.0. The van der Waals surface area contributed by atoms with Gasteiger partial charge in [-0.1, -0.05) is 22.0 Å². The molecule has 3 rings (SSSR count). The molecule has 0 bridgehead atoms. The molecule has 0 amide bonds. The average Bonchev–Trinajstić information content (AvgIpc) is 2.96. The van der Waals surface area contributed by atoms with Crippen molar-refractivity contribution in [2.45, 2.75) is 6.54 Å². The molecule has 0 aliphatic heterocycles. The minimum absolute atomic E-state index is 0.124. The second-order valence-electron chi connectivity index (χ2n) is 4.17. The van der Waals surface area contributed by atoms with E-state index in [2.05, 4.69) is 31.9 Å². The van der Waals surface area contributed by atoms with Gasteiger partial charge in [-0.15, -0.1) is 11.3 Å². The number of thiophene rings is 1. The van der Waals surface area contributed by atoms with Crippen LogP contribution in [0.5, 0.6) is 0 Å². The van der Waals surface area contributed by atoms with Gasteiger partial charge in [0.05, 0.1) is 11.4 Å². The fourth-order valence-electron chi connectivity index (χ4n) is 2.01. The predicted molar refractivity (Wildman–Crippen MR) is 86.0 cm³/mol. The summed E-state index contributed by atoms with van der Waals surface area (Å²) >= 11 is 8.34. The summed E-state index contributed by atoms with van der Waals surface area (Å²) in [5.74, 6) is 0.124. The Hall–Kier alpha value is -0.910. The Morgan fingerprint density at radius 2 is 2.05 bits per heavy atom. The van der Waals surface area contributed by atoms with Gasteiger partial charge in [-0.25, -0.2) is 0 Å². The predicted octanol–water partition coefficient (Wildman–Crippen LogP) is 5.11. The fraction of sp³-hybridized carbons (Fsp3) is 0.0714. The van der Waals surface area contributed by atoms with Crippen molar-refractivity contribution in [1.82, 2.24) is 4.57 Å². The summed E-state index contributed by atoms with van der Waals surface area (Å²) in [5.41, 5.74) is 1.07. The molecule has 0 aliphatic rings. The van der Waals surface area contributed by atoms with Gasteiger partial charge in [-0.05, 0) is 51.0 Å². The van der Waals surface area contributed by atoms with Gasteiger partial charge in [-0.3, -0.25) is 4.79 Å². The van der Waals surface area contributed by atoms with Gasteiger partial charge in [-0.2, -0.15) is 0 Å². The Bertz CT molecular complexity index is 760. The number of halogens is 2. The molecule has 0 aliphatic carbocycles. The van der Waals surface area contributed by atoms with Crippen LogP contribution in [0.1, 0.15) is 9.67 Å². The van der Waals surface area contributed by atoms with Crippen LogP contribution in [-0.4, -0.2) is 10.4 Å². The fourth-order valence-corrected chi connectivity index (χ4v) is 3.89. The summed E-state index contributed by atoms with van der Waals surface area (Å²) in [4.78, 5) is 13.0. The van der Waals surface area contributed by atoms with Crippen molar-refractivity contribution in [2.75, 3.05) is 0 Å². The number of fused-ring (bicyclic) bond motifs is 1. The molecule has 19 heavy (non-hydrogen) atoms. The number of Topliss-reactive ketones (excluding diaryl/α,β-unsaturated/α-hetero) is 1. The van der Waals surface area contributed by atoms with E-state index in [9.17, 15) is 4.79 Å². The van der Waals surface area contributed by atoms with Crippen LogP contribution in [-0.2, 0) is 6.54 Å². The van der Waals surface area contributed by atoms with E-state index in [4.69, 9.17) is 0 Å². The minimum Gasteiger partial charge on any atom is -0.340 e. The van der Waals surface area contributed by atoms with Crippen LogP contribution < -0.4 is 0 Å². The van der Waals surface area contributed by atoms with Gasteiger partial charge in [0.15, 0.2) is 5.78 Å². The lowest BCUT2D eigenvalue weighted by Crippen LogP contribution is -2.08. The van der Waals surface area contributed by atoms with E-state index in [1.54, 1.807) is 0 Å². The average molecular weight is 399 g/mol. The Balaban J connectivity index is 1.96. The molecule has 3 aromatic rings. The van der Waals surface area contributed by atoms with Crippen LogP contribution in [0, 0.1) is 0 Å². The molecule has 2 heterocycles. The van der Waals surface area contributed by atoms with Crippen LogP contribution in [0.25, 0.3) is 10.9 Å². The number of nitrogens with zero attached hydrogens (tertiary/aromatic N) is 1. The Morgan fingerprint density at radius 3 is 2.79 bits per heavy atom. The molecule has 0 radical (unpaired) electrons. The molecule has 0 atom stereocenters. The normalized spacial score (nSPS) is 11.1. The second-order valence-corrected chi connectivity index (χ2v) is 6.85. The topological polar surface area (TPSA) is 22.0 Å². The number of hydrogen-bond donors (Lipinski definition) is 0. The monoisotopic (exact) mass is 397 g/mol. The number of aromatic nitrogens is 1. The molecule has 2 aromatic heterocycles. The molecule has 96 valence electrons. The number of benzene rings is 1. The zero-order valence-electron chi connectivity index (χ0n) is 9.77. The van der Waals surface area contributed by atoms with Crippen LogP contribution in [0.2, 0.25) is 0 Å². The van der Waals surface area contributed by atoms with Crippen LogP contribution in [0.15, 0.2) is 50.9 Å². The van der Waals surface area contributed by atoms with Gasteiger partial charge >= 0.3 is 0 Å². The number of carbonyl (C=O) groups is 1. The molecule has 0 fully saturated rings. The summed E-state index contributed by atoms with van der Waals surface area (Å²) in [6.07, 6.45) is 1.95. The molecule has 0 saturated carbocycles. The Kier molecular flexibility index (Phi) is 3.60.